The Labute approximate surface area is 169 Å². The van der Waals surface area contributed by atoms with E-state index in [4.69, 9.17) is 16.7 Å². The number of unbranched alkanes of at least 4 members (excludes halogenated alkanes) is 1. The minimum atomic E-state index is -0.704. The predicted octanol–water partition coefficient (Wildman–Crippen LogP) is 6.05. The highest BCUT2D eigenvalue weighted by Gasteiger charge is 2.21. The third-order valence-electron chi connectivity index (χ3n) is 5.63. The van der Waals surface area contributed by atoms with E-state index in [0.717, 1.165) is 31.0 Å². The Morgan fingerprint density at radius 2 is 2.04 bits per heavy atom. The fraction of sp³-hybridized carbons (Fsp3) is 0.609. The molecule has 0 aliphatic heterocycles. The molecule has 2 atom stereocenters. The number of aryl methyl sites for hydroxylation is 2. The van der Waals surface area contributed by atoms with Crippen LogP contribution < -0.4 is 5.32 Å². The second-order valence-corrected chi connectivity index (χ2v) is 8.36. The number of benzene rings is 1. The zero-order valence-corrected chi connectivity index (χ0v) is 17.5. The number of carboxylic acid groups (broad SMARTS) is 1. The summed E-state index contributed by atoms with van der Waals surface area (Å²) < 4.78 is 0. The van der Waals surface area contributed by atoms with Crippen molar-refractivity contribution in [3.63, 3.8) is 0 Å². The van der Waals surface area contributed by atoms with Crippen molar-refractivity contribution in [2.45, 2.75) is 71.8 Å². The maximum atomic E-state index is 10.6. The van der Waals surface area contributed by atoms with Gasteiger partial charge in [0.15, 0.2) is 0 Å². The van der Waals surface area contributed by atoms with Crippen molar-refractivity contribution in [2.24, 2.45) is 11.8 Å². The average molecular weight is 392 g/mol. The first-order valence-electron chi connectivity index (χ1n) is 10.3. The highest BCUT2D eigenvalue weighted by atomic mass is 35.5. The summed E-state index contributed by atoms with van der Waals surface area (Å²) in [4.78, 5) is 10.6. The van der Waals surface area contributed by atoms with Crippen LogP contribution in [0.2, 0.25) is 5.02 Å². The standard InChI is InChI=1S/C23H34ClNO2/c1-17-13-18(2)21(22(24)14-17)16-25-15-20-11-7-3-5-9-19(20)10-6-4-8-12-23(26)27/h6,10,13-14,19-20,25H,3-5,7-9,11-12,15-16H2,1-2H3,(H,26,27)/b10-6-/t19-,20-/m1/s1. The Kier molecular flexibility index (Phi) is 9.36. The molecule has 1 aliphatic carbocycles. The topological polar surface area (TPSA) is 49.3 Å². The summed E-state index contributed by atoms with van der Waals surface area (Å²) in [5.41, 5.74) is 3.66. The number of aliphatic carboxylic acids is 1. The molecule has 1 aliphatic rings. The lowest BCUT2D eigenvalue weighted by Gasteiger charge is -2.23. The number of nitrogens with one attached hydrogen (secondary N) is 1. The van der Waals surface area contributed by atoms with Crippen LogP contribution in [0.15, 0.2) is 24.3 Å². The molecule has 0 spiro atoms. The van der Waals surface area contributed by atoms with E-state index in [0.29, 0.717) is 11.8 Å². The second-order valence-electron chi connectivity index (χ2n) is 7.95. The van der Waals surface area contributed by atoms with Gasteiger partial charge in [0.2, 0.25) is 0 Å². The van der Waals surface area contributed by atoms with E-state index in [1.54, 1.807) is 0 Å². The molecular formula is C23H34ClNO2. The average Bonchev–Trinajstić information content (AvgIpc) is 2.82. The molecule has 3 nitrogen and oxygen atoms in total. The van der Waals surface area contributed by atoms with Gasteiger partial charge in [-0.3, -0.25) is 4.79 Å². The summed E-state index contributed by atoms with van der Waals surface area (Å²) in [6, 6.07) is 4.23. The lowest BCUT2D eigenvalue weighted by Crippen LogP contribution is -2.27. The van der Waals surface area contributed by atoms with Gasteiger partial charge in [-0.1, -0.05) is 49.1 Å². The van der Waals surface area contributed by atoms with Gasteiger partial charge in [-0.15, -0.1) is 0 Å². The Hall–Kier alpha value is -1.32. The van der Waals surface area contributed by atoms with Gasteiger partial charge in [-0.05, 0) is 80.7 Å². The molecule has 0 bridgehead atoms. The molecule has 1 fully saturated rings. The normalized spacial score (nSPS) is 20.7. The van der Waals surface area contributed by atoms with Crippen molar-refractivity contribution in [1.82, 2.24) is 5.32 Å². The van der Waals surface area contributed by atoms with Gasteiger partial charge in [0.05, 0.1) is 0 Å². The summed E-state index contributed by atoms with van der Waals surface area (Å²) in [5.74, 6) is 0.539. The number of hydrogen-bond acceptors (Lipinski definition) is 2. The van der Waals surface area contributed by atoms with Crippen LogP contribution in [0.5, 0.6) is 0 Å². The van der Waals surface area contributed by atoms with Crippen molar-refractivity contribution in [3.05, 3.63) is 46.0 Å². The van der Waals surface area contributed by atoms with Gasteiger partial charge >= 0.3 is 5.97 Å². The molecule has 2 rings (SSSR count). The smallest absolute Gasteiger partial charge is 0.303 e. The van der Waals surface area contributed by atoms with Gasteiger partial charge in [-0.25, -0.2) is 0 Å². The van der Waals surface area contributed by atoms with E-state index in [1.165, 1.54) is 48.8 Å². The maximum absolute atomic E-state index is 10.6. The van der Waals surface area contributed by atoms with Gasteiger partial charge in [0.1, 0.15) is 0 Å². The lowest BCUT2D eigenvalue weighted by atomic mass is 9.87. The first-order chi connectivity index (χ1) is 13.0. The Balaban J connectivity index is 1.87. The quantitative estimate of drug-likeness (QED) is 0.306. The highest BCUT2D eigenvalue weighted by Crippen LogP contribution is 2.30. The number of carboxylic acids is 1. The van der Waals surface area contributed by atoms with E-state index in [9.17, 15) is 4.79 Å². The van der Waals surface area contributed by atoms with Crippen molar-refractivity contribution in [2.75, 3.05) is 6.54 Å². The number of rotatable bonds is 9. The zero-order valence-electron chi connectivity index (χ0n) is 16.8. The third-order valence-corrected chi connectivity index (χ3v) is 5.97. The Bertz CT molecular complexity index is 618. The number of carbonyl (C=O) groups is 1. The first-order valence-corrected chi connectivity index (χ1v) is 10.7. The monoisotopic (exact) mass is 391 g/mol. The third kappa shape index (κ3) is 7.67. The predicted molar refractivity (Wildman–Crippen MR) is 113 cm³/mol. The fourth-order valence-corrected chi connectivity index (χ4v) is 4.50. The van der Waals surface area contributed by atoms with Crippen LogP contribution in [0, 0.1) is 25.7 Å². The summed E-state index contributed by atoms with van der Waals surface area (Å²) in [5, 5.41) is 13.3. The fourth-order valence-electron chi connectivity index (χ4n) is 4.11. The molecule has 2 N–H and O–H groups in total. The molecule has 150 valence electrons. The van der Waals surface area contributed by atoms with Gasteiger partial charge in [0.25, 0.3) is 0 Å². The van der Waals surface area contributed by atoms with Crippen LogP contribution in [-0.2, 0) is 11.3 Å². The van der Waals surface area contributed by atoms with Crippen LogP contribution in [0.25, 0.3) is 0 Å². The minimum Gasteiger partial charge on any atom is -0.481 e. The highest BCUT2D eigenvalue weighted by molar-refractivity contribution is 6.31. The number of allylic oxidation sites excluding steroid dienone is 2. The van der Waals surface area contributed by atoms with Gasteiger partial charge < -0.3 is 10.4 Å². The summed E-state index contributed by atoms with van der Waals surface area (Å²) in [6.45, 7) is 6.03. The Morgan fingerprint density at radius 3 is 2.78 bits per heavy atom. The molecule has 0 unspecified atom stereocenters. The second kappa shape index (κ2) is 11.5. The molecule has 0 aromatic heterocycles. The molecule has 0 amide bonds. The van der Waals surface area contributed by atoms with Crippen LogP contribution in [0.4, 0.5) is 0 Å². The van der Waals surface area contributed by atoms with Gasteiger partial charge in [-0.2, -0.15) is 0 Å². The molecular weight excluding hydrogens is 358 g/mol. The van der Waals surface area contributed by atoms with Crippen LogP contribution in [0.1, 0.15) is 68.1 Å². The van der Waals surface area contributed by atoms with Crippen LogP contribution in [-0.4, -0.2) is 17.6 Å². The van der Waals surface area contributed by atoms with E-state index < -0.39 is 5.97 Å². The number of halogens is 1. The van der Waals surface area contributed by atoms with Crippen LogP contribution >= 0.6 is 11.6 Å². The van der Waals surface area contributed by atoms with Gasteiger partial charge in [0, 0.05) is 18.0 Å². The SMILES string of the molecule is Cc1cc(C)c(CNC[C@H]2CCCCC[C@@H]2/C=C\CCCC(=O)O)c(Cl)c1. The van der Waals surface area contributed by atoms with Crippen molar-refractivity contribution in [1.29, 1.82) is 0 Å². The molecule has 0 saturated heterocycles. The van der Waals surface area contributed by atoms with Crippen molar-refractivity contribution in [3.8, 4) is 0 Å². The summed E-state index contributed by atoms with van der Waals surface area (Å²) in [6.07, 6.45) is 12.8. The van der Waals surface area contributed by atoms with E-state index in [2.05, 4.69) is 37.4 Å². The molecule has 0 heterocycles. The minimum absolute atomic E-state index is 0.261. The Morgan fingerprint density at radius 1 is 1.26 bits per heavy atom. The van der Waals surface area contributed by atoms with E-state index in [1.807, 2.05) is 6.07 Å². The summed E-state index contributed by atoms with van der Waals surface area (Å²) in [7, 11) is 0. The van der Waals surface area contributed by atoms with Crippen molar-refractivity contribution >= 4 is 17.6 Å². The lowest BCUT2D eigenvalue weighted by molar-refractivity contribution is -0.137. The maximum Gasteiger partial charge on any atom is 0.303 e. The largest absolute Gasteiger partial charge is 0.481 e. The summed E-state index contributed by atoms with van der Waals surface area (Å²) >= 11 is 6.44. The number of hydrogen-bond donors (Lipinski definition) is 2. The molecule has 0 radical (unpaired) electrons. The first kappa shape index (κ1) is 22.0. The molecule has 1 saturated carbocycles. The van der Waals surface area contributed by atoms with Crippen molar-refractivity contribution < 1.29 is 9.90 Å². The van der Waals surface area contributed by atoms with E-state index >= 15 is 0 Å². The van der Waals surface area contributed by atoms with Crippen LogP contribution in [0.3, 0.4) is 0 Å². The zero-order chi connectivity index (χ0) is 19.6. The molecule has 4 heteroatoms. The van der Waals surface area contributed by atoms with E-state index in [-0.39, 0.29) is 6.42 Å². The molecule has 1 aromatic rings. The molecule has 1 aromatic carbocycles. The molecule has 27 heavy (non-hydrogen) atoms.